The zero-order valence-electron chi connectivity index (χ0n) is 11.1. The molecule has 1 aromatic heterocycles. The second-order valence-corrected chi connectivity index (χ2v) is 5.73. The normalized spacial score (nSPS) is 11.8. The second kappa shape index (κ2) is 7.31. The lowest BCUT2D eigenvalue weighted by atomic mass is 10.1. The van der Waals surface area contributed by atoms with Crippen LogP contribution in [0.1, 0.15) is 34.0 Å². The average molecular weight is 377 g/mol. The third kappa shape index (κ3) is 3.88. The van der Waals surface area contributed by atoms with Crippen molar-refractivity contribution in [3.63, 3.8) is 0 Å². The van der Waals surface area contributed by atoms with E-state index >= 15 is 0 Å². The molecule has 0 saturated heterocycles. The average Bonchev–Trinajstić information content (AvgIpc) is 2.72. The van der Waals surface area contributed by atoms with Crippen molar-refractivity contribution in [2.45, 2.75) is 26.5 Å². The summed E-state index contributed by atoms with van der Waals surface area (Å²) < 4.78 is 1.86. The first-order valence-electron chi connectivity index (χ1n) is 5.93. The molecule has 1 atom stereocenters. The summed E-state index contributed by atoms with van der Waals surface area (Å²) in [6.07, 6.45) is -0.503. The third-order valence-corrected chi connectivity index (χ3v) is 4.46. The van der Waals surface area contributed by atoms with Gasteiger partial charge in [-0.1, -0.05) is 22.9 Å². The van der Waals surface area contributed by atoms with E-state index in [1.165, 1.54) is 11.3 Å². The number of aromatic nitrogens is 1. The SMILES string of the molecule is Cc1c(C(C)O)sc[n+]1CC(=O)c1ccc(Cl)cc1.[Br-]. The fourth-order valence-electron chi connectivity index (χ4n) is 1.86. The molecule has 0 aliphatic heterocycles. The highest BCUT2D eigenvalue weighted by atomic mass is 79.9. The van der Waals surface area contributed by atoms with Gasteiger partial charge in [-0.2, -0.15) is 4.57 Å². The molecule has 1 N–H and O–H groups in total. The minimum absolute atomic E-state index is 0. The fourth-order valence-corrected chi connectivity index (χ4v) is 2.95. The molecule has 2 rings (SSSR count). The number of hydrogen-bond donors (Lipinski definition) is 1. The number of aliphatic hydroxyl groups excluding tert-OH is 1. The van der Waals surface area contributed by atoms with Crippen molar-refractivity contribution < 1.29 is 31.4 Å². The summed E-state index contributed by atoms with van der Waals surface area (Å²) in [4.78, 5) is 13.0. The first-order valence-corrected chi connectivity index (χ1v) is 7.19. The molecule has 0 saturated carbocycles. The molecular weight excluding hydrogens is 362 g/mol. The summed E-state index contributed by atoms with van der Waals surface area (Å²) >= 11 is 7.26. The first kappa shape index (κ1) is 17.3. The van der Waals surface area contributed by atoms with E-state index in [1.807, 2.05) is 17.0 Å². The van der Waals surface area contributed by atoms with Gasteiger partial charge in [0.05, 0.1) is 6.10 Å². The Morgan fingerprint density at radius 2 is 2.00 bits per heavy atom. The number of Topliss-reactive ketones (excluding diaryl/α,β-unsaturated/α-hetero) is 1. The zero-order valence-corrected chi connectivity index (χ0v) is 14.3. The summed E-state index contributed by atoms with van der Waals surface area (Å²) in [5.41, 5.74) is 3.44. The number of benzene rings is 1. The molecule has 3 nitrogen and oxygen atoms in total. The maximum atomic E-state index is 12.1. The van der Waals surface area contributed by atoms with E-state index in [9.17, 15) is 9.90 Å². The molecule has 1 unspecified atom stereocenters. The molecule has 2 aromatic rings. The van der Waals surface area contributed by atoms with Gasteiger partial charge in [0.25, 0.3) is 0 Å². The van der Waals surface area contributed by atoms with Crippen LogP contribution >= 0.6 is 22.9 Å². The number of aliphatic hydroxyl groups is 1. The molecule has 0 aliphatic rings. The zero-order chi connectivity index (χ0) is 14.0. The number of ketones is 1. The second-order valence-electron chi connectivity index (χ2n) is 4.41. The Labute approximate surface area is 137 Å². The van der Waals surface area contributed by atoms with Crippen LogP contribution in [0.2, 0.25) is 5.02 Å². The standard InChI is InChI=1S/C14H15ClNO2S.BrH/c1-9-14(10(2)17)19-8-16(9)7-13(18)11-3-5-12(15)6-4-11;/h3-6,8,10,17H,7H2,1-2H3;1H/q+1;/p-1. The largest absolute Gasteiger partial charge is 1.00 e. The van der Waals surface area contributed by atoms with Crippen molar-refractivity contribution in [3.8, 4) is 0 Å². The van der Waals surface area contributed by atoms with Crippen molar-refractivity contribution in [2.24, 2.45) is 0 Å². The predicted octanol–water partition coefficient (Wildman–Crippen LogP) is -0.0624. The Kier molecular flexibility index (Phi) is 6.33. The molecule has 108 valence electrons. The Hall–Kier alpha value is -0.750. The van der Waals surface area contributed by atoms with Crippen molar-refractivity contribution in [2.75, 3.05) is 0 Å². The molecular formula is C14H15BrClNO2S. The Morgan fingerprint density at radius 3 is 2.50 bits per heavy atom. The van der Waals surface area contributed by atoms with Gasteiger partial charge in [0.2, 0.25) is 17.8 Å². The Balaban J connectivity index is 0.00000200. The van der Waals surface area contributed by atoms with E-state index in [-0.39, 0.29) is 29.3 Å². The van der Waals surface area contributed by atoms with Gasteiger partial charge in [0.1, 0.15) is 4.88 Å². The Bertz CT molecular complexity index is 596. The first-order chi connectivity index (χ1) is 8.99. The molecule has 0 fully saturated rings. The van der Waals surface area contributed by atoms with E-state index in [0.717, 1.165) is 10.6 Å². The van der Waals surface area contributed by atoms with Gasteiger partial charge in [0.15, 0.2) is 5.69 Å². The van der Waals surface area contributed by atoms with Crippen molar-refractivity contribution in [1.29, 1.82) is 0 Å². The highest BCUT2D eigenvalue weighted by molar-refractivity contribution is 7.09. The van der Waals surface area contributed by atoms with Crippen LogP contribution in [0.25, 0.3) is 0 Å². The molecule has 0 spiro atoms. The van der Waals surface area contributed by atoms with Gasteiger partial charge in [0, 0.05) is 17.5 Å². The highest BCUT2D eigenvalue weighted by Gasteiger charge is 2.21. The van der Waals surface area contributed by atoms with Crippen LogP contribution in [0, 0.1) is 6.92 Å². The van der Waals surface area contributed by atoms with Crippen LogP contribution in [-0.2, 0) is 6.54 Å². The smallest absolute Gasteiger partial charge is 0.227 e. The molecule has 6 heteroatoms. The summed E-state index contributed by atoms with van der Waals surface area (Å²) in [5, 5.41) is 10.2. The van der Waals surface area contributed by atoms with E-state index in [0.29, 0.717) is 10.6 Å². The summed E-state index contributed by atoms with van der Waals surface area (Å²) in [7, 11) is 0. The topological polar surface area (TPSA) is 41.2 Å². The number of thiazole rings is 1. The van der Waals surface area contributed by atoms with Crippen molar-refractivity contribution >= 4 is 28.7 Å². The van der Waals surface area contributed by atoms with Crippen molar-refractivity contribution in [3.05, 3.63) is 50.9 Å². The number of nitrogens with zero attached hydrogens (tertiary/aromatic N) is 1. The lowest BCUT2D eigenvalue weighted by Gasteiger charge is -2.00. The van der Waals surface area contributed by atoms with Crippen LogP contribution in [0.4, 0.5) is 0 Å². The Morgan fingerprint density at radius 1 is 1.40 bits per heavy atom. The van der Waals surface area contributed by atoms with Crippen LogP contribution < -0.4 is 21.5 Å². The molecule has 1 heterocycles. The quantitative estimate of drug-likeness (QED) is 0.600. The predicted molar refractivity (Wildman–Crippen MR) is 75.7 cm³/mol. The summed E-state index contributed by atoms with van der Waals surface area (Å²) in [6, 6.07) is 6.87. The van der Waals surface area contributed by atoms with Crippen LogP contribution in [0.5, 0.6) is 0 Å². The number of carbonyl (C=O) groups is 1. The van der Waals surface area contributed by atoms with E-state index < -0.39 is 6.10 Å². The van der Waals surface area contributed by atoms with Crippen LogP contribution in [0.3, 0.4) is 0 Å². The van der Waals surface area contributed by atoms with Crippen LogP contribution in [-0.4, -0.2) is 10.9 Å². The third-order valence-electron chi connectivity index (χ3n) is 2.95. The molecule has 0 radical (unpaired) electrons. The maximum Gasteiger partial charge on any atom is 0.227 e. The highest BCUT2D eigenvalue weighted by Crippen LogP contribution is 2.19. The van der Waals surface area contributed by atoms with E-state index in [4.69, 9.17) is 11.6 Å². The number of rotatable bonds is 4. The van der Waals surface area contributed by atoms with E-state index in [2.05, 4.69) is 0 Å². The van der Waals surface area contributed by atoms with Gasteiger partial charge in [-0.25, -0.2) is 0 Å². The lowest BCUT2D eigenvalue weighted by Crippen LogP contribution is -3.00. The van der Waals surface area contributed by atoms with Gasteiger partial charge in [-0.15, -0.1) is 0 Å². The molecule has 0 bridgehead atoms. The summed E-state index contributed by atoms with van der Waals surface area (Å²) in [6.45, 7) is 3.91. The molecule has 1 aromatic carbocycles. The molecule has 0 aliphatic carbocycles. The number of carbonyl (C=O) groups excluding carboxylic acids is 1. The van der Waals surface area contributed by atoms with Gasteiger partial charge >= 0.3 is 0 Å². The van der Waals surface area contributed by atoms with E-state index in [1.54, 1.807) is 31.2 Å². The minimum Gasteiger partial charge on any atom is -1.00 e. The van der Waals surface area contributed by atoms with Gasteiger partial charge in [-0.3, -0.25) is 4.79 Å². The number of halogens is 2. The molecule has 0 amide bonds. The lowest BCUT2D eigenvalue weighted by molar-refractivity contribution is -0.684. The van der Waals surface area contributed by atoms with Crippen molar-refractivity contribution in [1.82, 2.24) is 0 Å². The monoisotopic (exact) mass is 375 g/mol. The molecule has 20 heavy (non-hydrogen) atoms. The fraction of sp³-hybridized carbons (Fsp3) is 0.286. The number of hydrogen-bond acceptors (Lipinski definition) is 3. The van der Waals surface area contributed by atoms with Gasteiger partial charge < -0.3 is 22.1 Å². The summed E-state index contributed by atoms with van der Waals surface area (Å²) in [5.74, 6) is 0.0275. The minimum atomic E-state index is -0.503. The van der Waals surface area contributed by atoms with Gasteiger partial charge in [-0.05, 0) is 31.2 Å². The van der Waals surface area contributed by atoms with Crippen LogP contribution in [0.15, 0.2) is 29.8 Å². The maximum absolute atomic E-state index is 12.1.